The number of ether oxygens (including phenoxy) is 1. The van der Waals surface area contributed by atoms with Crippen molar-refractivity contribution < 1.29 is 4.74 Å². The first-order chi connectivity index (χ1) is 11.2. The maximum Gasteiger partial charge on any atom is 0.274 e. The molecule has 118 valence electrons. The summed E-state index contributed by atoms with van der Waals surface area (Å²) in [7, 11) is 0. The molecule has 0 unspecified atom stereocenters. The Bertz CT molecular complexity index is 911. The predicted octanol–water partition coefficient (Wildman–Crippen LogP) is 0.0196. The molecule has 0 atom stereocenters. The first-order valence-electron chi connectivity index (χ1n) is 7.32. The molecule has 3 aromatic rings. The van der Waals surface area contributed by atoms with Gasteiger partial charge in [0.25, 0.3) is 11.3 Å². The number of morpholine rings is 1. The lowest BCUT2D eigenvalue weighted by Crippen LogP contribution is -2.37. The SMILES string of the molecule is Cc1nc(N2CCOCC2)ncc1-c1cc(=O)n2[nH]cnc2n1. The Labute approximate surface area is 131 Å². The molecular formula is C14H15N7O2. The highest BCUT2D eigenvalue weighted by Gasteiger charge is 2.16. The zero-order chi connectivity index (χ0) is 15.8. The molecule has 1 saturated heterocycles. The molecule has 0 radical (unpaired) electrons. The summed E-state index contributed by atoms with van der Waals surface area (Å²) in [5, 5.41) is 2.71. The molecule has 9 nitrogen and oxygen atoms in total. The van der Waals surface area contributed by atoms with Crippen LogP contribution in [-0.4, -0.2) is 55.9 Å². The monoisotopic (exact) mass is 313 g/mol. The van der Waals surface area contributed by atoms with Gasteiger partial charge in [-0.25, -0.2) is 19.9 Å². The van der Waals surface area contributed by atoms with Crippen LogP contribution in [-0.2, 0) is 4.74 Å². The van der Waals surface area contributed by atoms with Crippen molar-refractivity contribution in [2.24, 2.45) is 0 Å². The summed E-state index contributed by atoms with van der Waals surface area (Å²) in [6.45, 7) is 4.79. The minimum Gasteiger partial charge on any atom is -0.378 e. The summed E-state index contributed by atoms with van der Waals surface area (Å²) in [4.78, 5) is 31.5. The van der Waals surface area contributed by atoms with E-state index in [0.29, 0.717) is 30.6 Å². The van der Waals surface area contributed by atoms with Crippen LogP contribution in [0.1, 0.15) is 5.69 Å². The van der Waals surface area contributed by atoms with Gasteiger partial charge in [0.15, 0.2) is 0 Å². The third-order valence-electron chi connectivity index (χ3n) is 3.80. The van der Waals surface area contributed by atoms with Crippen molar-refractivity contribution in [1.82, 2.24) is 29.5 Å². The lowest BCUT2D eigenvalue weighted by molar-refractivity contribution is 0.122. The molecule has 4 heterocycles. The van der Waals surface area contributed by atoms with E-state index in [0.717, 1.165) is 24.3 Å². The van der Waals surface area contributed by atoms with Crippen molar-refractivity contribution in [2.45, 2.75) is 6.92 Å². The van der Waals surface area contributed by atoms with Gasteiger partial charge >= 0.3 is 0 Å². The van der Waals surface area contributed by atoms with Crippen LogP contribution >= 0.6 is 0 Å². The van der Waals surface area contributed by atoms with Gasteiger partial charge in [-0.05, 0) is 6.92 Å². The van der Waals surface area contributed by atoms with Crippen molar-refractivity contribution in [3.05, 3.63) is 34.6 Å². The Balaban J connectivity index is 1.74. The molecule has 0 amide bonds. The molecule has 9 heteroatoms. The Morgan fingerprint density at radius 3 is 2.83 bits per heavy atom. The van der Waals surface area contributed by atoms with E-state index in [-0.39, 0.29) is 5.56 Å². The summed E-state index contributed by atoms with van der Waals surface area (Å²) in [5.74, 6) is 0.997. The fourth-order valence-electron chi connectivity index (χ4n) is 2.58. The Morgan fingerprint density at radius 2 is 2.04 bits per heavy atom. The van der Waals surface area contributed by atoms with Crippen molar-refractivity contribution in [1.29, 1.82) is 0 Å². The highest BCUT2D eigenvalue weighted by Crippen LogP contribution is 2.21. The molecule has 0 bridgehead atoms. The van der Waals surface area contributed by atoms with Crippen LogP contribution in [0.5, 0.6) is 0 Å². The maximum atomic E-state index is 12.0. The molecule has 0 saturated carbocycles. The summed E-state index contributed by atoms with van der Waals surface area (Å²) in [5.41, 5.74) is 1.80. The van der Waals surface area contributed by atoms with Gasteiger partial charge in [-0.3, -0.25) is 9.89 Å². The van der Waals surface area contributed by atoms with E-state index in [2.05, 4.69) is 29.9 Å². The summed E-state index contributed by atoms with van der Waals surface area (Å²) >= 11 is 0. The van der Waals surface area contributed by atoms with Gasteiger partial charge in [0, 0.05) is 30.9 Å². The highest BCUT2D eigenvalue weighted by atomic mass is 16.5. The molecule has 1 aliphatic heterocycles. The zero-order valence-corrected chi connectivity index (χ0v) is 12.6. The molecule has 23 heavy (non-hydrogen) atoms. The molecule has 0 aliphatic carbocycles. The number of aromatic amines is 1. The Morgan fingerprint density at radius 1 is 1.22 bits per heavy atom. The molecule has 1 aliphatic rings. The Hall–Kier alpha value is -2.81. The van der Waals surface area contributed by atoms with E-state index < -0.39 is 0 Å². The zero-order valence-electron chi connectivity index (χ0n) is 12.6. The average Bonchev–Trinajstić information content (AvgIpc) is 3.04. The van der Waals surface area contributed by atoms with Crippen LogP contribution in [0.15, 0.2) is 23.4 Å². The number of anilines is 1. The lowest BCUT2D eigenvalue weighted by atomic mass is 10.2. The third-order valence-corrected chi connectivity index (χ3v) is 3.80. The number of aromatic nitrogens is 6. The standard InChI is InChI=1S/C14H15N7O2/c1-9-10(7-15-13(18-9)20-2-4-23-5-3-20)11-6-12(22)21-14(19-11)16-8-17-21/h6-8H,2-5H2,1H3,(H,16,17,19). The number of nitrogens with zero attached hydrogens (tertiary/aromatic N) is 6. The Kier molecular flexibility index (Phi) is 3.27. The first kappa shape index (κ1) is 13.8. The second kappa shape index (κ2) is 5.43. The van der Waals surface area contributed by atoms with E-state index in [1.165, 1.54) is 16.9 Å². The minimum atomic E-state index is -0.223. The number of nitrogens with one attached hydrogen (secondary N) is 1. The molecule has 1 N–H and O–H groups in total. The molecule has 3 aromatic heterocycles. The summed E-state index contributed by atoms with van der Waals surface area (Å²) in [6, 6.07) is 1.45. The fraction of sp³-hybridized carbons (Fsp3) is 0.357. The van der Waals surface area contributed by atoms with Gasteiger partial charge in [0.2, 0.25) is 5.95 Å². The molecule has 4 rings (SSSR count). The van der Waals surface area contributed by atoms with Crippen LogP contribution in [0.3, 0.4) is 0 Å². The smallest absolute Gasteiger partial charge is 0.274 e. The minimum absolute atomic E-state index is 0.223. The van der Waals surface area contributed by atoms with Crippen LogP contribution < -0.4 is 10.5 Å². The molecule has 1 fully saturated rings. The van der Waals surface area contributed by atoms with E-state index in [4.69, 9.17) is 4.74 Å². The number of hydrogen-bond donors (Lipinski definition) is 1. The van der Waals surface area contributed by atoms with E-state index in [1.54, 1.807) is 6.20 Å². The van der Waals surface area contributed by atoms with Gasteiger partial charge in [-0.15, -0.1) is 0 Å². The fourth-order valence-corrected chi connectivity index (χ4v) is 2.58. The number of hydrogen-bond acceptors (Lipinski definition) is 7. The second-order valence-electron chi connectivity index (χ2n) is 5.27. The largest absolute Gasteiger partial charge is 0.378 e. The van der Waals surface area contributed by atoms with Gasteiger partial charge in [0.1, 0.15) is 6.33 Å². The first-order valence-corrected chi connectivity index (χ1v) is 7.32. The summed E-state index contributed by atoms with van der Waals surface area (Å²) < 4.78 is 6.62. The summed E-state index contributed by atoms with van der Waals surface area (Å²) in [6.07, 6.45) is 3.14. The molecule has 0 aromatic carbocycles. The van der Waals surface area contributed by atoms with E-state index in [9.17, 15) is 4.79 Å². The normalized spacial score (nSPS) is 15.3. The number of fused-ring (bicyclic) bond motifs is 1. The van der Waals surface area contributed by atoms with Crippen LogP contribution in [0, 0.1) is 6.92 Å². The van der Waals surface area contributed by atoms with E-state index in [1.807, 2.05) is 6.92 Å². The van der Waals surface area contributed by atoms with Crippen LogP contribution in [0.4, 0.5) is 5.95 Å². The van der Waals surface area contributed by atoms with Crippen LogP contribution in [0.25, 0.3) is 17.0 Å². The van der Waals surface area contributed by atoms with Gasteiger partial charge in [0.05, 0.1) is 24.6 Å². The van der Waals surface area contributed by atoms with Crippen molar-refractivity contribution in [3.63, 3.8) is 0 Å². The maximum absolute atomic E-state index is 12.0. The topological polar surface area (TPSA) is 101 Å². The second-order valence-corrected chi connectivity index (χ2v) is 5.27. The number of H-pyrrole nitrogens is 1. The quantitative estimate of drug-likeness (QED) is 0.711. The van der Waals surface area contributed by atoms with Gasteiger partial charge in [-0.1, -0.05) is 0 Å². The van der Waals surface area contributed by atoms with E-state index >= 15 is 0 Å². The van der Waals surface area contributed by atoms with Crippen molar-refractivity contribution in [3.8, 4) is 11.3 Å². The number of rotatable bonds is 2. The number of aryl methyl sites for hydroxylation is 1. The average molecular weight is 313 g/mol. The molecule has 0 spiro atoms. The van der Waals surface area contributed by atoms with Crippen LogP contribution in [0.2, 0.25) is 0 Å². The predicted molar refractivity (Wildman–Crippen MR) is 82.4 cm³/mol. The van der Waals surface area contributed by atoms with Gasteiger partial charge < -0.3 is 9.64 Å². The molecular weight excluding hydrogens is 298 g/mol. The van der Waals surface area contributed by atoms with Gasteiger partial charge in [-0.2, -0.15) is 4.52 Å². The lowest BCUT2D eigenvalue weighted by Gasteiger charge is -2.27. The van der Waals surface area contributed by atoms with Crippen molar-refractivity contribution >= 4 is 11.7 Å². The third kappa shape index (κ3) is 2.44. The highest BCUT2D eigenvalue weighted by molar-refractivity contribution is 5.62. The van der Waals surface area contributed by atoms with Crippen molar-refractivity contribution in [2.75, 3.05) is 31.2 Å².